The highest BCUT2D eigenvalue weighted by Gasteiger charge is 2.32. The van der Waals surface area contributed by atoms with Crippen LogP contribution in [0.25, 0.3) is 5.57 Å². The predicted molar refractivity (Wildman–Crippen MR) is 108 cm³/mol. The maximum atomic E-state index is 12.9. The van der Waals surface area contributed by atoms with Gasteiger partial charge in [-0.25, -0.2) is 8.42 Å². The molecule has 2 aromatic carbocycles. The van der Waals surface area contributed by atoms with Crippen LogP contribution >= 0.6 is 0 Å². The molecule has 7 nitrogen and oxygen atoms in total. The van der Waals surface area contributed by atoms with E-state index in [1.54, 1.807) is 31.3 Å². The molecule has 0 unspecified atom stereocenters. The van der Waals surface area contributed by atoms with E-state index in [1.165, 1.54) is 31.3 Å². The number of hydrogen-bond acceptors (Lipinski definition) is 5. The van der Waals surface area contributed by atoms with Gasteiger partial charge in [0.1, 0.15) is 11.5 Å². The van der Waals surface area contributed by atoms with Gasteiger partial charge in [0.25, 0.3) is 15.9 Å². The highest BCUT2D eigenvalue weighted by Crippen LogP contribution is 2.39. The van der Waals surface area contributed by atoms with Gasteiger partial charge in [-0.05, 0) is 32.0 Å². The molecule has 0 saturated heterocycles. The van der Waals surface area contributed by atoms with Gasteiger partial charge < -0.3 is 14.4 Å². The number of ether oxygens (including phenoxy) is 2. The Hall–Kier alpha value is -3.00. The standard InChI is InChI=1S/C20H22N2O5S/c1-12(2)19-17-11-16(6-7-18(17)22(3)20(19)23)28(24,25)21-13-8-14(26-4)10-15(9-13)27-5/h6-11,21H,1-5H3. The maximum Gasteiger partial charge on any atom is 0.261 e. The number of carbonyl (C=O) groups excluding carboxylic acids is 1. The van der Waals surface area contributed by atoms with Crippen LogP contribution in [-0.2, 0) is 14.8 Å². The van der Waals surface area contributed by atoms with Crippen LogP contribution in [0, 0.1) is 0 Å². The van der Waals surface area contributed by atoms with E-state index in [-0.39, 0.29) is 10.8 Å². The molecule has 0 radical (unpaired) electrons. The lowest BCUT2D eigenvalue weighted by Crippen LogP contribution is -2.20. The Labute approximate surface area is 164 Å². The quantitative estimate of drug-likeness (QED) is 0.776. The van der Waals surface area contributed by atoms with Crippen molar-refractivity contribution >= 4 is 32.9 Å². The van der Waals surface area contributed by atoms with Crippen LogP contribution in [0.5, 0.6) is 11.5 Å². The maximum absolute atomic E-state index is 12.9. The third-order valence-corrected chi connectivity index (χ3v) is 5.91. The number of rotatable bonds is 5. The predicted octanol–water partition coefficient (Wildman–Crippen LogP) is 3.27. The second-order valence-corrected chi connectivity index (χ2v) is 8.31. The van der Waals surface area contributed by atoms with E-state index in [1.807, 2.05) is 13.8 Å². The minimum absolute atomic E-state index is 0.0647. The van der Waals surface area contributed by atoms with E-state index in [4.69, 9.17) is 9.47 Å². The summed E-state index contributed by atoms with van der Waals surface area (Å²) in [7, 11) is 0.766. The summed E-state index contributed by atoms with van der Waals surface area (Å²) in [5, 5.41) is 0. The molecule has 0 fully saturated rings. The Morgan fingerprint density at radius 1 is 1.00 bits per heavy atom. The van der Waals surface area contributed by atoms with Crippen LogP contribution in [0.1, 0.15) is 19.4 Å². The number of nitrogens with one attached hydrogen (secondary N) is 1. The zero-order chi connectivity index (χ0) is 20.6. The molecule has 1 amide bonds. The first-order chi connectivity index (χ1) is 13.2. The monoisotopic (exact) mass is 402 g/mol. The lowest BCUT2D eigenvalue weighted by Gasteiger charge is -2.13. The average Bonchev–Trinajstić information content (AvgIpc) is 2.91. The fourth-order valence-corrected chi connectivity index (χ4v) is 4.20. The Kier molecular flexibility index (Phi) is 5.08. The smallest absolute Gasteiger partial charge is 0.261 e. The van der Waals surface area contributed by atoms with Crippen LogP contribution in [0.4, 0.5) is 11.4 Å². The molecule has 0 aliphatic carbocycles. The Bertz CT molecular complexity index is 1060. The topological polar surface area (TPSA) is 84.9 Å². The molecule has 0 bridgehead atoms. The van der Waals surface area contributed by atoms with Gasteiger partial charge in [-0.15, -0.1) is 0 Å². The largest absolute Gasteiger partial charge is 0.497 e. The van der Waals surface area contributed by atoms with Crippen LogP contribution in [0.3, 0.4) is 0 Å². The molecule has 8 heteroatoms. The second kappa shape index (κ2) is 7.20. The number of amides is 1. The average molecular weight is 402 g/mol. The van der Waals surface area contributed by atoms with Crippen LogP contribution < -0.4 is 19.1 Å². The van der Waals surface area contributed by atoms with E-state index in [9.17, 15) is 13.2 Å². The zero-order valence-corrected chi connectivity index (χ0v) is 17.2. The van der Waals surface area contributed by atoms with Gasteiger partial charge in [-0.2, -0.15) is 0 Å². The van der Waals surface area contributed by atoms with Crippen molar-refractivity contribution in [3.63, 3.8) is 0 Å². The highest BCUT2D eigenvalue weighted by atomic mass is 32.2. The molecule has 1 N–H and O–H groups in total. The molecule has 0 saturated carbocycles. The van der Waals surface area contributed by atoms with Gasteiger partial charge in [-0.1, -0.05) is 5.57 Å². The van der Waals surface area contributed by atoms with Crippen molar-refractivity contribution in [1.29, 1.82) is 0 Å². The molecule has 0 spiro atoms. The van der Waals surface area contributed by atoms with Crippen molar-refractivity contribution in [2.24, 2.45) is 0 Å². The summed E-state index contributed by atoms with van der Waals surface area (Å²) in [6.45, 7) is 3.66. The highest BCUT2D eigenvalue weighted by molar-refractivity contribution is 7.92. The SMILES string of the molecule is COc1cc(NS(=O)(=O)c2ccc3c(c2)C(=C(C)C)C(=O)N3C)cc(OC)c1. The van der Waals surface area contributed by atoms with E-state index in [2.05, 4.69) is 4.72 Å². The third kappa shape index (κ3) is 3.43. The Morgan fingerprint density at radius 2 is 1.61 bits per heavy atom. The lowest BCUT2D eigenvalue weighted by atomic mass is 10.0. The van der Waals surface area contributed by atoms with Gasteiger partial charge in [-0.3, -0.25) is 9.52 Å². The first kappa shape index (κ1) is 19.8. The molecule has 28 heavy (non-hydrogen) atoms. The van der Waals surface area contributed by atoms with E-state index >= 15 is 0 Å². The molecule has 1 aliphatic rings. The molecule has 148 valence electrons. The fraction of sp³-hybridized carbons (Fsp3) is 0.250. The molecule has 1 heterocycles. The van der Waals surface area contributed by atoms with E-state index < -0.39 is 10.0 Å². The Balaban J connectivity index is 2.03. The number of allylic oxidation sites excluding steroid dienone is 1. The first-order valence-electron chi connectivity index (χ1n) is 8.53. The number of hydrogen-bond donors (Lipinski definition) is 1. The van der Waals surface area contributed by atoms with Crippen molar-refractivity contribution in [2.75, 3.05) is 30.9 Å². The zero-order valence-electron chi connectivity index (χ0n) is 16.4. The number of benzene rings is 2. The summed E-state index contributed by atoms with van der Waals surface area (Å²) < 4.78 is 38.8. The van der Waals surface area contributed by atoms with Crippen LogP contribution in [0.15, 0.2) is 46.9 Å². The van der Waals surface area contributed by atoms with Gasteiger partial charge in [0.05, 0.1) is 30.5 Å². The second-order valence-electron chi connectivity index (χ2n) is 6.62. The first-order valence-corrected chi connectivity index (χ1v) is 10.0. The van der Waals surface area contributed by atoms with Gasteiger partial charge in [0.2, 0.25) is 0 Å². The molecule has 0 atom stereocenters. The molecule has 1 aliphatic heterocycles. The number of sulfonamides is 1. The molecule has 2 aromatic rings. The van der Waals surface area contributed by atoms with Crippen molar-refractivity contribution in [2.45, 2.75) is 18.7 Å². The number of likely N-dealkylation sites (N-methyl/N-ethyl adjacent to an activating group) is 1. The number of anilines is 2. The molecule has 0 aromatic heterocycles. The molecular weight excluding hydrogens is 380 g/mol. The van der Waals surface area contributed by atoms with E-state index in [0.717, 1.165) is 5.57 Å². The fourth-order valence-electron chi connectivity index (χ4n) is 3.13. The summed E-state index contributed by atoms with van der Waals surface area (Å²) in [6.07, 6.45) is 0. The molecular formula is C20H22N2O5S. The molecule has 3 rings (SSSR count). The number of carbonyl (C=O) groups is 1. The van der Waals surface area contributed by atoms with Crippen LogP contribution in [0.2, 0.25) is 0 Å². The summed E-state index contributed by atoms with van der Waals surface area (Å²) >= 11 is 0. The lowest BCUT2D eigenvalue weighted by molar-refractivity contribution is -0.112. The summed E-state index contributed by atoms with van der Waals surface area (Å²) in [5.74, 6) is 0.783. The number of methoxy groups -OCH3 is 2. The van der Waals surface area contributed by atoms with Crippen LogP contribution in [-0.4, -0.2) is 35.6 Å². The van der Waals surface area contributed by atoms with Gasteiger partial charge >= 0.3 is 0 Å². The third-order valence-electron chi connectivity index (χ3n) is 4.53. The van der Waals surface area contributed by atoms with E-state index in [0.29, 0.717) is 34.0 Å². The Morgan fingerprint density at radius 3 is 2.14 bits per heavy atom. The van der Waals surface area contributed by atoms with Crippen molar-refractivity contribution in [3.05, 3.63) is 47.5 Å². The summed E-state index contributed by atoms with van der Waals surface area (Å²) in [4.78, 5) is 14.1. The van der Waals surface area contributed by atoms with Gasteiger partial charge in [0.15, 0.2) is 0 Å². The van der Waals surface area contributed by atoms with Crippen molar-refractivity contribution < 1.29 is 22.7 Å². The minimum atomic E-state index is -3.88. The number of fused-ring (bicyclic) bond motifs is 1. The van der Waals surface area contributed by atoms with Crippen molar-refractivity contribution in [3.8, 4) is 11.5 Å². The summed E-state index contributed by atoms with van der Waals surface area (Å²) in [5.41, 5.74) is 2.96. The normalized spacial score (nSPS) is 13.4. The number of nitrogens with zero attached hydrogens (tertiary/aromatic N) is 1. The summed E-state index contributed by atoms with van der Waals surface area (Å²) in [6, 6.07) is 9.42. The van der Waals surface area contributed by atoms with Crippen molar-refractivity contribution in [1.82, 2.24) is 0 Å². The minimum Gasteiger partial charge on any atom is -0.497 e. The van der Waals surface area contributed by atoms with Gasteiger partial charge in [0, 0.05) is 36.4 Å².